The summed E-state index contributed by atoms with van der Waals surface area (Å²) in [5, 5.41) is 4.66. The summed E-state index contributed by atoms with van der Waals surface area (Å²) in [6, 6.07) is 8.86. The topological polar surface area (TPSA) is 54.1 Å². The van der Waals surface area contributed by atoms with Crippen molar-refractivity contribution in [3.63, 3.8) is 0 Å². The first kappa shape index (κ1) is 13.2. The Morgan fingerprint density at radius 1 is 1.25 bits per heavy atom. The van der Waals surface area contributed by atoms with Crippen LogP contribution in [0.3, 0.4) is 0 Å². The molecular formula is C16H20N2O2. The van der Waals surface area contributed by atoms with E-state index >= 15 is 0 Å². The normalized spacial score (nSPS) is 16.4. The molecule has 0 unspecified atom stereocenters. The number of piperidine rings is 1. The molecule has 1 aromatic heterocycles. The Kier molecular flexibility index (Phi) is 4.02. The Morgan fingerprint density at radius 2 is 2.10 bits per heavy atom. The first-order valence-corrected chi connectivity index (χ1v) is 7.24. The minimum absolute atomic E-state index is 0.428. The number of aromatic nitrogens is 1. The number of H-pyrrole nitrogens is 1. The minimum atomic E-state index is 0.428. The molecule has 0 amide bonds. The Balaban J connectivity index is 1.77. The van der Waals surface area contributed by atoms with Gasteiger partial charge in [-0.15, -0.1) is 0 Å². The molecule has 106 valence electrons. The van der Waals surface area contributed by atoms with Gasteiger partial charge in [0, 0.05) is 17.6 Å². The van der Waals surface area contributed by atoms with Gasteiger partial charge in [0.1, 0.15) is 0 Å². The summed E-state index contributed by atoms with van der Waals surface area (Å²) in [5.74, 6) is 0.678. The maximum atomic E-state index is 10.1. The van der Waals surface area contributed by atoms with E-state index in [1.807, 2.05) is 0 Å². The highest BCUT2D eigenvalue weighted by Gasteiger charge is 2.15. The van der Waals surface area contributed by atoms with Crippen LogP contribution in [-0.2, 0) is 16.0 Å². The van der Waals surface area contributed by atoms with Crippen molar-refractivity contribution in [2.45, 2.75) is 25.2 Å². The highest BCUT2D eigenvalue weighted by atomic mass is 16.5. The average molecular weight is 272 g/mol. The Morgan fingerprint density at radius 3 is 2.90 bits per heavy atom. The number of carbonyl (C=O) groups excluding carboxylic acids is 1. The van der Waals surface area contributed by atoms with Gasteiger partial charge in [-0.3, -0.25) is 4.79 Å². The predicted molar refractivity (Wildman–Crippen MR) is 78.9 cm³/mol. The van der Waals surface area contributed by atoms with Gasteiger partial charge in [-0.1, -0.05) is 6.07 Å². The second-order valence-electron chi connectivity index (χ2n) is 5.38. The quantitative estimate of drug-likeness (QED) is 0.649. The molecule has 20 heavy (non-hydrogen) atoms. The monoisotopic (exact) mass is 272 g/mol. The van der Waals surface area contributed by atoms with Gasteiger partial charge in [0.2, 0.25) is 0 Å². The second kappa shape index (κ2) is 6.09. The molecule has 3 rings (SSSR count). The fourth-order valence-electron chi connectivity index (χ4n) is 2.97. The van der Waals surface area contributed by atoms with Crippen molar-refractivity contribution < 1.29 is 9.53 Å². The number of fused-ring (bicyclic) bond motifs is 1. The van der Waals surface area contributed by atoms with E-state index < -0.39 is 0 Å². The van der Waals surface area contributed by atoms with Crippen molar-refractivity contribution in [3.8, 4) is 0 Å². The van der Waals surface area contributed by atoms with E-state index in [0.29, 0.717) is 19.0 Å². The molecule has 0 radical (unpaired) electrons. The molecule has 2 N–H and O–H groups in total. The highest BCUT2D eigenvalue weighted by Crippen LogP contribution is 2.28. The van der Waals surface area contributed by atoms with Crippen LogP contribution < -0.4 is 5.32 Å². The van der Waals surface area contributed by atoms with Crippen molar-refractivity contribution in [2.75, 3.05) is 19.7 Å². The predicted octanol–water partition coefficient (Wildman–Crippen LogP) is 2.35. The maximum Gasteiger partial charge on any atom is 0.293 e. The summed E-state index contributed by atoms with van der Waals surface area (Å²) in [4.78, 5) is 13.5. The van der Waals surface area contributed by atoms with Gasteiger partial charge in [-0.25, -0.2) is 0 Å². The summed E-state index contributed by atoms with van der Waals surface area (Å²) in [6.45, 7) is 3.16. The van der Waals surface area contributed by atoms with Gasteiger partial charge in [-0.2, -0.15) is 0 Å². The Bertz CT molecular complexity index is 585. The molecule has 4 nitrogen and oxygen atoms in total. The third-order valence-electron chi connectivity index (χ3n) is 4.07. The third-order valence-corrected chi connectivity index (χ3v) is 4.07. The van der Waals surface area contributed by atoms with Crippen molar-refractivity contribution in [1.82, 2.24) is 10.3 Å². The molecule has 0 bridgehead atoms. The number of aromatic amines is 1. The number of hydrogen-bond acceptors (Lipinski definition) is 3. The molecule has 0 saturated carbocycles. The number of carbonyl (C=O) groups is 1. The summed E-state index contributed by atoms with van der Waals surface area (Å²) in [6.07, 6.45) is 3.17. The number of ether oxygens (including phenoxy) is 1. The third kappa shape index (κ3) is 2.85. The Hall–Kier alpha value is -1.81. The first-order valence-electron chi connectivity index (χ1n) is 7.24. The lowest BCUT2D eigenvalue weighted by Gasteiger charge is -2.22. The molecule has 0 aliphatic carbocycles. The molecule has 1 saturated heterocycles. The van der Waals surface area contributed by atoms with Crippen LogP contribution in [0.2, 0.25) is 0 Å². The van der Waals surface area contributed by atoms with Gasteiger partial charge in [0.15, 0.2) is 0 Å². The Labute approximate surface area is 118 Å². The lowest BCUT2D eigenvalue weighted by atomic mass is 9.90. The van der Waals surface area contributed by atoms with E-state index in [4.69, 9.17) is 4.74 Å². The van der Waals surface area contributed by atoms with Crippen molar-refractivity contribution in [1.29, 1.82) is 0 Å². The van der Waals surface area contributed by atoms with Crippen LogP contribution in [0.1, 0.15) is 30.0 Å². The van der Waals surface area contributed by atoms with Gasteiger partial charge in [0.25, 0.3) is 6.47 Å². The lowest BCUT2D eigenvalue weighted by Crippen LogP contribution is -2.26. The molecule has 2 heterocycles. The largest absolute Gasteiger partial charge is 0.467 e. The van der Waals surface area contributed by atoms with E-state index in [2.05, 4.69) is 34.6 Å². The first-order chi connectivity index (χ1) is 9.86. The van der Waals surface area contributed by atoms with E-state index in [1.54, 1.807) is 0 Å². The van der Waals surface area contributed by atoms with Crippen LogP contribution in [-0.4, -0.2) is 31.2 Å². The van der Waals surface area contributed by atoms with E-state index in [1.165, 1.54) is 23.8 Å². The van der Waals surface area contributed by atoms with Gasteiger partial charge < -0.3 is 15.0 Å². The molecule has 4 heteroatoms. The molecule has 1 aliphatic rings. The SMILES string of the molecule is O=COCCc1cc2cc(C3CCNCC3)ccc2[nH]1. The minimum Gasteiger partial charge on any atom is -0.467 e. The number of benzene rings is 1. The molecule has 1 aliphatic heterocycles. The number of hydrogen-bond donors (Lipinski definition) is 2. The van der Waals surface area contributed by atoms with Gasteiger partial charge in [-0.05, 0) is 61.0 Å². The molecule has 1 aromatic carbocycles. The summed E-state index contributed by atoms with van der Waals surface area (Å²) in [7, 11) is 0. The molecule has 2 aromatic rings. The van der Waals surface area contributed by atoms with E-state index in [0.717, 1.165) is 30.7 Å². The summed E-state index contributed by atoms with van der Waals surface area (Å²) in [5.41, 5.74) is 3.71. The van der Waals surface area contributed by atoms with Crippen LogP contribution in [0.25, 0.3) is 10.9 Å². The van der Waals surface area contributed by atoms with E-state index in [-0.39, 0.29) is 0 Å². The molecule has 0 atom stereocenters. The zero-order valence-electron chi connectivity index (χ0n) is 11.5. The highest BCUT2D eigenvalue weighted by molar-refractivity contribution is 5.81. The lowest BCUT2D eigenvalue weighted by molar-refractivity contribution is -0.128. The smallest absolute Gasteiger partial charge is 0.293 e. The van der Waals surface area contributed by atoms with Crippen LogP contribution in [0.5, 0.6) is 0 Å². The van der Waals surface area contributed by atoms with Crippen molar-refractivity contribution in [3.05, 3.63) is 35.5 Å². The standard InChI is InChI=1S/C16H20N2O2/c19-11-20-8-5-15-10-14-9-13(1-2-16(14)18-15)12-3-6-17-7-4-12/h1-2,9-12,17-18H,3-8H2. The van der Waals surface area contributed by atoms with Crippen molar-refractivity contribution >= 4 is 17.4 Å². The molecular weight excluding hydrogens is 252 g/mol. The molecule has 0 spiro atoms. The van der Waals surface area contributed by atoms with Crippen molar-refractivity contribution in [2.24, 2.45) is 0 Å². The second-order valence-corrected chi connectivity index (χ2v) is 5.38. The summed E-state index contributed by atoms with van der Waals surface area (Å²) < 4.78 is 4.74. The number of rotatable bonds is 5. The van der Waals surface area contributed by atoms with Crippen LogP contribution in [0.15, 0.2) is 24.3 Å². The van der Waals surface area contributed by atoms with Gasteiger partial charge >= 0.3 is 0 Å². The summed E-state index contributed by atoms with van der Waals surface area (Å²) >= 11 is 0. The van der Waals surface area contributed by atoms with E-state index in [9.17, 15) is 4.79 Å². The van der Waals surface area contributed by atoms with Gasteiger partial charge in [0.05, 0.1) is 6.61 Å². The fraction of sp³-hybridized carbons (Fsp3) is 0.438. The van der Waals surface area contributed by atoms with Crippen LogP contribution in [0.4, 0.5) is 0 Å². The zero-order chi connectivity index (χ0) is 13.8. The fourth-order valence-corrected chi connectivity index (χ4v) is 2.97. The van der Waals surface area contributed by atoms with Crippen LogP contribution >= 0.6 is 0 Å². The number of nitrogens with one attached hydrogen (secondary N) is 2. The maximum absolute atomic E-state index is 10.1. The van der Waals surface area contributed by atoms with Crippen LogP contribution in [0, 0.1) is 0 Å². The molecule has 1 fully saturated rings. The average Bonchev–Trinajstić information content (AvgIpc) is 2.90. The zero-order valence-corrected chi connectivity index (χ0v) is 11.5.